The molecular weight excluding hydrogens is 326 g/mol. The zero-order valence-electron chi connectivity index (χ0n) is 14.1. The van der Waals surface area contributed by atoms with Gasteiger partial charge >= 0.3 is 0 Å². The average Bonchev–Trinajstić information content (AvgIpc) is 3.12. The SMILES string of the molecule is CCOc1ccc(C(=O)NC[C@@]2(N3CCOCC3)CCSC2)cn1. The summed E-state index contributed by atoms with van der Waals surface area (Å²) >= 11 is 1.97. The highest BCUT2D eigenvalue weighted by atomic mass is 32.2. The second-order valence-corrected chi connectivity index (χ2v) is 7.23. The van der Waals surface area contributed by atoms with Crippen LogP contribution in [0.1, 0.15) is 23.7 Å². The second kappa shape index (κ2) is 8.18. The Hall–Kier alpha value is -1.31. The van der Waals surface area contributed by atoms with E-state index < -0.39 is 0 Å². The van der Waals surface area contributed by atoms with Crippen molar-refractivity contribution in [1.29, 1.82) is 0 Å². The number of ether oxygens (including phenoxy) is 2. The molecule has 3 rings (SSSR count). The maximum atomic E-state index is 12.5. The first kappa shape index (κ1) is 17.5. The van der Waals surface area contributed by atoms with Crippen molar-refractivity contribution in [2.75, 3.05) is 51.0 Å². The first-order valence-corrected chi connectivity index (χ1v) is 9.66. The summed E-state index contributed by atoms with van der Waals surface area (Å²) in [6, 6.07) is 3.50. The Morgan fingerprint density at radius 3 is 2.92 bits per heavy atom. The van der Waals surface area contributed by atoms with Gasteiger partial charge in [-0.15, -0.1) is 0 Å². The van der Waals surface area contributed by atoms with E-state index in [4.69, 9.17) is 9.47 Å². The molecular formula is C17H25N3O3S. The molecule has 0 aliphatic carbocycles. The summed E-state index contributed by atoms with van der Waals surface area (Å²) in [5.41, 5.74) is 0.629. The van der Waals surface area contributed by atoms with E-state index in [9.17, 15) is 4.79 Å². The minimum atomic E-state index is -0.0740. The van der Waals surface area contributed by atoms with E-state index in [2.05, 4.69) is 15.2 Å². The molecule has 2 aliphatic heterocycles. The van der Waals surface area contributed by atoms with E-state index in [1.807, 2.05) is 18.7 Å². The summed E-state index contributed by atoms with van der Waals surface area (Å²) in [6.45, 7) is 6.60. The Morgan fingerprint density at radius 1 is 1.46 bits per heavy atom. The number of nitrogens with one attached hydrogen (secondary N) is 1. The number of nitrogens with zero attached hydrogens (tertiary/aromatic N) is 2. The van der Waals surface area contributed by atoms with Gasteiger partial charge in [-0.25, -0.2) is 4.98 Å². The largest absolute Gasteiger partial charge is 0.478 e. The first-order chi connectivity index (χ1) is 11.7. The Labute approximate surface area is 147 Å². The van der Waals surface area contributed by atoms with Crippen molar-refractivity contribution in [3.8, 4) is 5.88 Å². The number of carbonyl (C=O) groups is 1. The molecule has 7 heteroatoms. The van der Waals surface area contributed by atoms with Crippen LogP contribution in [0.5, 0.6) is 5.88 Å². The fourth-order valence-electron chi connectivity index (χ4n) is 3.23. The van der Waals surface area contributed by atoms with E-state index >= 15 is 0 Å². The van der Waals surface area contributed by atoms with Crippen molar-refractivity contribution >= 4 is 17.7 Å². The van der Waals surface area contributed by atoms with Crippen LogP contribution < -0.4 is 10.1 Å². The van der Waals surface area contributed by atoms with E-state index in [1.165, 1.54) is 0 Å². The van der Waals surface area contributed by atoms with Gasteiger partial charge in [0.1, 0.15) is 0 Å². The number of amides is 1. The summed E-state index contributed by atoms with van der Waals surface area (Å²) in [7, 11) is 0. The highest BCUT2D eigenvalue weighted by molar-refractivity contribution is 7.99. The third-order valence-corrected chi connectivity index (χ3v) is 5.87. The minimum Gasteiger partial charge on any atom is -0.478 e. The minimum absolute atomic E-state index is 0.0583. The van der Waals surface area contributed by atoms with Crippen LogP contribution in [0.3, 0.4) is 0 Å². The van der Waals surface area contributed by atoms with Gasteiger partial charge in [0.2, 0.25) is 5.88 Å². The Bertz CT molecular complexity index is 541. The first-order valence-electron chi connectivity index (χ1n) is 8.51. The molecule has 2 saturated heterocycles. The zero-order valence-corrected chi connectivity index (χ0v) is 14.9. The predicted molar refractivity (Wildman–Crippen MR) is 94.8 cm³/mol. The summed E-state index contributed by atoms with van der Waals surface area (Å²) in [5, 5.41) is 3.11. The zero-order chi connectivity index (χ0) is 16.8. The molecule has 1 N–H and O–H groups in total. The van der Waals surface area contributed by atoms with Crippen LogP contribution in [0.25, 0.3) is 0 Å². The van der Waals surface area contributed by atoms with Crippen LogP contribution in [0, 0.1) is 0 Å². The summed E-state index contributed by atoms with van der Waals surface area (Å²) in [4.78, 5) is 19.1. The number of hydrogen-bond donors (Lipinski definition) is 1. The monoisotopic (exact) mass is 351 g/mol. The maximum absolute atomic E-state index is 12.5. The molecule has 1 aromatic heterocycles. The van der Waals surface area contributed by atoms with Gasteiger partial charge in [-0.2, -0.15) is 11.8 Å². The van der Waals surface area contributed by atoms with Gasteiger partial charge in [0, 0.05) is 43.2 Å². The topological polar surface area (TPSA) is 63.7 Å². The van der Waals surface area contributed by atoms with Crippen LogP contribution in [0.4, 0.5) is 0 Å². The molecule has 6 nitrogen and oxygen atoms in total. The van der Waals surface area contributed by atoms with Crippen LogP contribution in [0.15, 0.2) is 18.3 Å². The quantitative estimate of drug-likeness (QED) is 0.836. The van der Waals surface area contributed by atoms with Crippen molar-refractivity contribution in [1.82, 2.24) is 15.2 Å². The Balaban J connectivity index is 1.60. The lowest BCUT2D eigenvalue weighted by Gasteiger charge is -2.43. The number of rotatable bonds is 6. The van der Waals surface area contributed by atoms with Crippen molar-refractivity contribution in [2.45, 2.75) is 18.9 Å². The normalized spacial score (nSPS) is 24.7. The van der Waals surface area contributed by atoms with Gasteiger partial charge in [0.05, 0.1) is 25.4 Å². The number of thioether (sulfide) groups is 1. The summed E-state index contributed by atoms with van der Waals surface area (Å²) < 4.78 is 10.8. The smallest absolute Gasteiger partial charge is 0.252 e. The maximum Gasteiger partial charge on any atom is 0.252 e. The number of aromatic nitrogens is 1. The molecule has 24 heavy (non-hydrogen) atoms. The van der Waals surface area contributed by atoms with Crippen LogP contribution >= 0.6 is 11.8 Å². The van der Waals surface area contributed by atoms with Gasteiger partial charge in [-0.1, -0.05) is 0 Å². The van der Waals surface area contributed by atoms with E-state index in [1.54, 1.807) is 18.3 Å². The highest BCUT2D eigenvalue weighted by Gasteiger charge is 2.40. The molecule has 1 atom stereocenters. The molecule has 0 spiro atoms. The molecule has 3 heterocycles. The molecule has 0 saturated carbocycles. The lowest BCUT2D eigenvalue weighted by atomic mass is 9.95. The number of morpholine rings is 1. The van der Waals surface area contributed by atoms with Crippen molar-refractivity contribution in [3.63, 3.8) is 0 Å². The third-order valence-electron chi connectivity index (χ3n) is 4.63. The van der Waals surface area contributed by atoms with E-state index in [-0.39, 0.29) is 11.4 Å². The van der Waals surface area contributed by atoms with Crippen LogP contribution in [-0.2, 0) is 4.74 Å². The molecule has 2 aliphatic rings. The highest BCUT2D eigenvalue weighted by Crippen LogP contribution is 2.33. The predicted octanol–water partition coefficient (Wildman–Crippen LogP) is 1.42. The van der Waals surface area contributed by atoms with Crippen molar-refractivity contribution in [2.24, 2.45) is 0 Å². The van der Waals surface area contributed by atoms with Crippen LogP contribution in [-0.4, -0.2) is 72.3 Å². The molecule has 132 valence electrons. The fourth-order valence-corrected chi connectivity index (χ4v) is 4.71. The number of pyridine rings is 1. The third kappa shape index (κ3) is 4.02. The van der Waals surface area contributed by atoms with E-state index in [0.717, 1.165) is 44.2 Å². The molecule has 0 aromatic carbocycles. The van der Waals surface area contributed by atoms with Gasteiger partial charge in [0.15, 0.2) is 0 Å². The standard InChI is InChI=1S/C17H25N3O3S/c1-2-23-15-4-3-14(11-18-15)16(21)19-12-17(5-10-24-13-17)20-6-8-22-9-7-20/h3-4,11H,2,5-10,12-13H2,1H3,(H,19,21)/t17-/m0/s1. The molecule has 2 fully saturated rings. The summed E-state index contributed by atoms with van der Waals surface area (Å²) in [6.07, 6.45) is 2.69. The van der Waals surface area contributed by atoms with Crippen molar-refractivity contribution in [3.05, 3.63) is 23.9 Å². The van der Waals surface area contributed by atoms with Gasteiger partial charge < -0.3 is 14.8 Å². The number of hydrogen-bond acceptors (Lipinski definition) is 6. The van der Waals surface area contributed by atoms with Gasteiger partial charge in [0.25, 0.3) is 5.91 Å². The van der Waals surface area contributed by atoms with E-state index in [0.29, 0.717) is 24.6 Å². The molecule has 0 radical (unpaired) electrons. The molecule has 0 bridgehead atoms. The Morgan fingerprint density at radius 2 is 2.29 bits per heavy atom. The fraction of sp³-hybridized carbons (Fsp3) is 0.647. The second-order valence-electron chi connectivity index (χ2n) is 6.13. The lowest BCUT2D eigenvalue weighted by Crippen LogP contribution is -2.59. The van der Waals surface area contributed by atoms with Crippen molar-refractivity contribution < 1.29 is 14.3 Å². The van der Waals surface area contributed by atoms with Gasteiger partial charge in [-0.3, -0.25) is 9.69 Å². The lowest BCUT2D eigenvalue weighted by molar-refractivity contribution is -0.0129. The van der Waals surface area contributed by atoms with Crippen LogP contribution in [0.2, 0.25) is 0 Å². The molecule has 1 aromatic rings. The number of carbonyl (C=O) groups excluding carboxylic acids is 1. The van der Waals surface area contributed by atoms with Gasteiger partial charge in [-0.05, 0) is 25.2 Å². The summed E-state index contributed by atoms with van der Waals surface area (Å²) in [5.74, 6) is 2.69. The average molecular weight is 351 g/mol. The molecule has 1 amide bonds. The molecule has 0 unspecified atom stereocenters. The Kier molecular flexibility index (Phi) is 5.97.